The van der Waals surface area contributed by atoms with Crippen LogP contribution < -0.4 is 10.5 Å². The van der Waals surface area contributed by atoms with E-state index in [2.05, 4.69) is 0 Å². The van der Waals surface area contributed by atoms with Gasteiger partial charge in [-0.05, 0) is 42.5 Å². The molecule has 2 rings (SSSR count). The van der Waals surface area contributed by atoms with Crippen molar-refractivity contribution in [3.05, 3.63) is 64.7 Å². The summed E-state index contributed by atoms with van der Waals surface area (Å²) in [5.41, 5.74) is 6.03. The minimum atomic E-state index is -0.521. The number of likely N-dealkylation sites (N-methyl/N-ethyl adjacent to an activating group) is 1. The highest BCUT2D eigenvalue weighted by Gasteiger charge is 2.12. The Bertz CT molecular complexity index is 701. The highest BCUT2D eigenvalue weighted by atomic mass is 35.5. The summed E-state index contributed by atoms with van der Waals surface area (Å²) in [4.78, 5) is 24.8. The van der Waals surface area contributed by atoms with Crippen LogP contribution in [0, 0.1) is 0 Å². The molecule has 6 heteroatoms. The number of rotatable bonds is 6. The summed E-state index contributed by atoms with van der Waals surface area (Å²) in [7, 11) is 1.69. The zero-order chi connectivity index (χ0) is 16.8. The number of hydrogen-bond donors (Lipinski definition) is 1. The van der Waals surface area contributed by atoms with Gasteiger partial charge in [0.15, 0.2) is 0 Å². The molecule has 2 aromatic rings. The second kappa shape index (κ2) is 7.65. The SMILES string of the molecule is CN(CCOc1cccc(Cl)c1)C(=O)c1ccc(C(N)=O)cc1. The molecule has 2 aromatic carbocycles. The van der Waals surface area contributed by atoms with Gasteiger partial charge in [-0.3, -0.25) is 9.59 Å². The zero-order valence-electron chi connectivity index (χ0n) is 12.7. The Morgan fingerprint density at radius 2 is 1.78 bits per heavy atom. The van der Waals surface area contributed by atoms with Gasteiger partial charge in [-0.15, -0.1) is 0 Å². The van der Waals surface area contributed by atoms with Gasteiger partial charge >= 0.3 is 0 Å². The molecule has 2 N–H and O–H groups in total. The smallest absolute Gasteiger partial charge is 0.253 e. The predicted molar refractivity (Wildman–Crippen MR) is 88.9 cm³/mol. The molecule has 0 saturated carbocycles. The topological polar surface area (TPSA) is 72.6 Å². The molecule has 0 aromatic heterocycles. The standard InChI is InChI=1S/C17H17ClN2O3/c1-20(9-10-23-15-4-2-3-14(18)11-15)17(22)13-7-5-12(6-8-13)16(19)21/h2-8,11H,9-10H2,1H3,(H2,19,21). The summed E-state index contributed by atoms with van der Waals surface area (Å²) in [6, 6.07) is 13.3. The molecule has 5 nitrogen and oxygen atoms in total. The summed E-state index contributed by atoms with van der Waals surface area (Å²) in [5, 5.41) is 0.599. The fraction of sp³-hybridized carbons (Fsp3) is 0.176. The second-order valence-electron chi connectivity index (χ2n) is 4.97. The first kappa shape index (κ1) is 16.8. The Morgan fingerprint density at radius 3 is 2.39 bits per heavy atom. The van der Waals surface area contributed by atoms with Gasteiger partial charge in [0.2, 0.25) is 5.91 Å². The van der Waals surface area contributed by atoms with Crippen molar-refractivity contribution >= 4 is 23.4 Å². The maximum absolute atomic E-state index is 12.3. The maximum Gasteiger partial charge on any atom is 0.253 e. The first-order valence-corrected chi connectivity index (χ1v) is 7.39. The summed E-state index contributed by atoms with van der Waals surface area (Å²) >= 11 is 5.87. The summed E-state index contributed by atoms with van der Waals surface area (Å²) in [6.07, 6.45) is 0. The number of nitrogens with two attached hydrogens (primary N) is 1. The van der Waals surface area contributed by atoms with Crippen molar-refractivity contribution in [3.8, 4) is 5.75 Å². The van der Waals surface area contributed by atoms with Crippen LogP contribution in [0.25, 0.3) is 0 Å². The van der Waals surface area contributed by atoms with E-state index in [0.29, 0.717) is 35.1 Å². The lowest BCUT2D eigenvalue weighted by Crippen LogP contribution is -2.30. The number of carbonyl (C=O) groups is 2. The summed E-state index contributed by atoms with van der Waals surface area (Å²) in [5.74, 6) is -0.0212. The number of benzene rings is 2. The predicted octanol–water partition coefficient (Wildman–Crippen LogP) is 2.59. The lowest BCUT2D eigenvalue weighted by molar-refractivity contribution is 0.0773. The fourth-order valence-corrected chi connectivity index (χ4v) is 2.14. The molecule has 0 bridgehead atoms. The molecule has 0 spiro atoms. The fourth-order valence-electron chi connectivity index (χ4n) is 1.96. The second-order valence-corrected chi connectivity index (χ2v) is 5.41. The van der Waals surface area contributed by atoms with Crippen molar-refractivity contribution in [2.24, 2.45) is 5.73 Å². The number of halogens is 1. The van der Waals surface area contributed by atoms with Crippen LogP contribution in [0.2, 0.25) is 5.02 Å². The van der Waals surface area contributed by atoms with E-state index in [9.17, 15) is 9.59 Å². The van der Waals surface area contributed by atoms with Crippen LogP contribution in [0.5, 0.6) is 5.75 Å². The minimum absolute atomic E-state index is 0.157. The van der Waals surface area contributed by atoms with E-state index in [4.69, 9.17) is 22.1 Å². The largest absolute Gasteiger partial charge is 0.492 e. The van der Waals surface area contributed by atoms with Gasteiger partial charge in [-0.25, -0.2) is 0 Å². The van der Waals surface area contributed by atoms with Gasteiger partial charge in [0, 0.05) is 23.2 Å². The summed E-state index contributed by atoms with van der Waals surface area (Å²) in [6.45, 7) is 0.769. The molecule has 120 valence electrons. The highest BCUT2D eigenvalue weighted by molar-refractivity contribution is 6.30. The number of carbonyl (C=O) groups excluding carboxylic acids is 2. The average molecular weight is 333 g/mol. The van der Waals surface area contributed by atoms with E-state index >= 15 is 0 Å². The first-order chi connectivity index (χ1) is 11.0. The van der Waals surface area contributed by atoms with Crippen LogP contribution in [-0.4, -0.2) is 36.9 Å². The van der Waals surface area contributed by atoms with Crippen molar-refractivity contribution in [3.63, 3.8) is 0 Å². The normalized spacial score (nSPS) is 10.2. The maximum atomic E-state index is 12.3. The Morgan fingerprint density at radius 1 is 1.13 bits per heavy atom. The van der Waals surface area contributed by atoms with Gasteiger partial charge in [0.25, 0.3) is 5.91 Å². The lowest BCUT2D eigenvalue weighted by Gasteiger charge is -2.17. The van der Waals surface area contributed by atoms with Crippen molar-refractivity contribution in [2.75, 3.05) is 20.2 Å². The van der Waals surface area contributed by atoms with Gasteiger partial charge in [0.1, 0.15) is 12.4 Å². The van der Waals surface area contributed by atoms with E-state index < -0.39 is 5.91 Å². The van der Waals surface area contributed by atoms with E-state index in [-0.39, 0.29) is 5.91 Å². The zero-order valence-corrected chi connectivity index (χ0v) is 13.4. The van der Waals surface area contributed by atoms with E-state index in [1.54, 1.807) is 48.3 Å². The lowest BCUT2D eigenvalue weighted by atomic mass is 10.1. The highest BCUT2D eigenvalue weighted by Crippen LogP contribution is 2.17. The van der Waals surface area contributed by atoms with Gasteiger partial charge in [-0.1, -0.05) is 17.7 Å². The van der Waals surface area contributed by atoms with Crippen molar-refractivity contribution in [1.29, 1.82) is 0 Å². The van der Waals surface area contributed by atoms with Crippen LogP contribution in [0.1, 0.15) is 20.7 Å². The van der Waals surface area contributed by atoms with E-state index in [1.165, 1.54) is 12.1 Å². The average Bonchev–Trinajstić information content (AvgIpc) is 2.54. The Kier molecular flexibility index (Phi) is 5.60. The van der Waals surface area contributed by atoms with Crippen molar-refractivity contribution in [1.82, 2.24) is 4.90 Å². The Balaban J connectivity index is 1.88. The molecule has 0 unspecified atom stereocenters. The van der Waals surface area contributed by atoms with Gasteiger partial charge in [-0.2, -0.15) is 0 Å². The monoisotopic (exact) mass is 332 g/mol. The van der Waals surface area contributed by atoms with Crippen molar-refractivity contribution in [2.45, 2.75) is 0 Å². The first-order valence-electron chi connectivity index (χ1n) is 7.01. The molecular formula is C17H17ClN2O3. The number of hydrogen-bond acceptors (Lipinski definition) is 3. The summed E-state index contributed by atoms with van der Waals surface area (Å²) < 4.78 is 5.55. The molecule has 0 atom stereocenters. The van der Waals surface area contributed by atoms with E-state index in [0.717, 1.165) is 0 Å². The van der Waals surface area contributed by atoms with Crippen LogP contribution in [0.15, 0.2) is 48.5 Å². The molecule has 0 saturated heterocycles. The quantitative estimate of drug-likeness (QED) is 0.883. The van der Waals surface area contributed by atoms with Crippen molar-refractivity contribution < 1.29 is 14.3 Å². The Labute approximate surface area is 139 Å². The molecule has 0 radical (unpaired) electrons. The number of nitrogens with zero attached hydrogens (tertiary/aromatic N) is 1. The molecule has 0 aliphatic rings. The number of ether oxygens (including phenoxy) is 1. The van der Waals surface area contributed by atoms with E-state index in [1.807, 2.05) is 0 Å². The number of amides is 2. The van der Waals surface area contributed by atoms with Crippen LogP contribution in [-0.2, 0) is 0 Å². The number of primary amides is 1. The molecule has 0 aliphatic carbocycles. The Hall–Kier alpha value is -2.53. The molecule has 2 amide bonds. The minimum Gasteiger partial charge on any atom is -0.492 e. The van der Waals surface area contributed by atoms with Gasteiger partial charge in [0.05, 0.1) is 6.54 Å². The van der Waals surface area contributed by atoms with Crippen LogP contribution in [0.3, 0.4) is 0 Å². The molecule has 0 aliphatic heterocycles. The third-order valence-electron chi connectivity index (χ3n) is 3.25. The van der Waals surface area contributed by atoms with Gasteiger partial charge < -0.3 is 15.4 Å². The van der Waals surface area contributed by atoms with Crippen LogP contribution in [0.4, 0.5) is 0 Å². The molecule has 23 heavy (non-hydrogen) atoms. The molecule has 0 heterocycles. The molecule has 0 fully saturated rings. The third kappa shape index (κ3) is 4.72. The molecular weight excluding hydrogens is 316 g/mol. The third-order valence-corrected chi connectivity index (χ3v) is 3.49. The van der Waals surface area contributed by atoms with Crippen LogP contribution >= 0.6 is 11.6 Å².